The summed E-state index contributed by atoms with van der Waals surface area (Å²) in [5.74, 6) is -0.540. The minimum absolute atomic E-state index is 0.0819. The van der Waals surface area contributed by atoms with Crippen molar-refractivity contribution in [3.8, 4) is 0 Å². The Bertz CT molecular complexity index is 728. The number of hydrogen-bond donors (Lipinski definition) is 2. The van der Waals surface area contributed by atoms with Crippen LogP contribution < -0.4 is 10.6 Å². The monoisotopic (exact) mass is 361 g/mol. The van der Waals surface area contributed by atoms with Crippen LogP contribution in [0.25, 0.3) is 0 Å². The second-order valence-electron chi connectivity index (χ2n) is 5.98. The molecular weight excluding hydrogens is 341 g/mol. The highest BCUT2D eigenvalue weighted by Gasteiger charge is 2.27. The first kappa shape index (κ1) is 17.4. The van der Waals surface area contributed by atoms with Crippen molar-refractivity contribution in [1.82, 2.24) is 10.2 Å². The third-order valence-corrected chi connectivity index (χ3v) is 5.10. The summed E-state index contributed by atoms with van der Waals surface area (Å²) in [6.45, 7) is 1.26. The number of likely N-dealkylation sites (tertiary alicyclic amines) is 1. The molecule has 3 rings (SSSR count). The zero-order valence-corrected chi connectivity index (χ0v) is 14.5. The fourth-order valence-electron chi connectivity index (χ4n) is 2.85. The number of carbonyl (C=O) groups is 2. The zero-order valence-electron chi connectivity index (χ0n) is 13.7. The highest BCUT2D eigenvalue weighted by Crippen LogP contribution is 2.20. The average Bonchev–Trinajstić information content (AvgIpc) is 3.14. The largest absolute Gasteiger partial charge is 0.352 e. The maximum atomic E-state index is 13.6. The van der Waals surface area contributed by atoms with Crippen molar-refractivity contribution in [2.24, 2.45) is 5.92 Å². The maximum absolute atomic E-state index is 13.6. The molecule has 1 aromatic heterocycles. The summed E-state index contributed by atoms with van der Waals surface area (Å²) >= 11 is 1.47. The molecule has 0 atom stereocenters. The summed E-state index contributed by atoms with van der Waals surface area (Å²) in [5.41, 5.74) is 0.476. The molecule has 5 nitrogen and oxygen atoms in total. The molecule has 1 aromatic carbocycles. The van der Waals surface area contributed by atoms with Crippen molar-refractivity contribution in [1.29, 1.82) is 0 Å². The van der Waals surface area contributed by atoms with E-state index in [0.29, 0.717) is 31.5 Å². The third kappa shape index (κ3) is 4.57. The maximum Gasteiger partial charge on any atom is 0.322 e. The number of benzene rings is 1. The van der Waals surface area contributed by atoms with Crippen LogP contribution >= 0.6 is 11.3 Å². The first-order valence-corrected chi connectivity index (χ1v) is 9.12. The number of nitrogens with zero attached hydrogens (tertiary/aromatic N) is 1. The number of hydrogen-bond acceptors (Lipinski definition) is 3. The van der Waals surface area contributed by atoms with Gasteiger partial charge in [0.1, 0.15) is 5.82 Å². The molecule has 2 N–H and O–H groups in total. The number of rotatable bonds is 4. The van der Waals surface area contributed by atoms with Gasteiger partial charge in [-0.1, -0.05) is 18.2 Å². The smallest absolute Gasteiger partial charge is 0.322 e. The summed E-state index contributed by atoms with van der Waals surface area (Å²) in [7, 11) is 0. The molecule has 3 amide bonds. The second kappa shape index (κ2) is 8.11. The molecule has 25 heavy (non-hydrogen) atoms. The molecule has 1 saturated heterocycles. The van der Waals surface area contributed by atoms with E-state index in [1.54, 1.807) is 23.1 Å². The van der Waals surface area contributed by atoms with Crippen LogP contribution in [0.1, 0.15) is 18.4 Å². The van der Waals surface area contributed by atoms with E-state index in [1.807, 2.05) is 17.5 Å². The average molecular weight is 361 g/mol. The number of urea groups is 1. The Morgan fingerprint density at radius 3 is 2.60 bits per heavy atom. The van der Waals surface area contributed by atoms with Gasteiger partial charge >= 0.3 is 6.03 Å². The molecule has 1 aliphatic rings. The van der Waals surface area contributed by atoms with Gasteiger partial charge in [0.25, 0.3) is 0 Å². The van der Waals surface area contributed by atoms with Crippen LogP contribution in [0, 0.1) is 11.7 Å². The molecule has 2 aromatic rings. The zero-order chi connectivity index (χ0) is 17.6. The normalized spacial score (nSPS) is 15.0. The molecule has 1 aliphatic heterocycles. The lowest BCUT2D eigenvalue weighted by Gasteiger charge is -2.31. The van der Waals surface area contributed by atoms with E-state index in [4.69, 9.17) is 0 Å². The topological polar surface area (TPSA) is 61.4 Å². The van der Waals surface area contributed by atoms with E-state index in [1.165, 1.54) is 17.4 Å². The number of anilines is 1. The molecule has 0 bridgehead atoms. The molecule has 0 aliphatic carbocycles. The van der Waals surface area contributed by atoms with Crippen molar-refractivity contribution in [2.45, 2.75) is 19.4 Å². The fourth-order valence-corrected chi connectivity index (χ4v) is 3.45. The molecular formula is C18H20FN3O2S. The van der Waals surface area contributed by atoms with Crippen LogP contribution in [-0.4, -0.2) is 29.9 Å². The number of thiophene rings is 1. The van der Waals surface area contributed by atoms with E-state index in [-0.39, 0.29) is 30.2 Å². The van der Waals surface area contributed by atoms with Gasteiger partial charge in [0.15, 0.2) is 0 Å². The predicted octanol–water partition coefficient (Wildman–Crippen LogP) is 3.45. The van der Waals surface area contributed by atoms with Gasteiger partial charge < -0.3 is 10.2 Å². The Balaban J connectivity index is 1.44. The van der Waals surface area contributed by atoms with Gasteiger partial charge in [-0.05, 0) is 36.4 Å². The van der Waals surface area contributed by atoms with E-state index < -0.39 is 0 Å². The second-order valence-corrected chi connectivity index (χ2v) is 6.93. The molecule has 2 heterocycles. The Morgan fingerprint density at radius 1 is 1.16 bits per heavy atom. The van der Waals surface area contributed by atoms with Gasteiger partial charge in [-0.2, -0.15) is 0 Å². The van der Waals surface area contributed by atoms with Crippen LogP contribution in [-0.2, 0) is 11.3 Å². The number of halogens is 1. The summed E-state index contributed by atoms with van der Waals surface area (Å²) in [6, 6.07) is 10.0. The summed E-state index contributed by atoms with van der Waals surface area (Å²) < 4.78 is 13.6. The molecule has 0 unspecified atom stereocenters. The Hall–Kier alpha value is -2.41. The Morgan fingerprint density at radius 2 is 1.92 bits per heavy atom. The number of nitrogens with one attached hydrogen (secondary N) is 2. The lowest BCUT2D eigenvalue weighted by Crippen LogP contribution is -2.44. The highest BCUT2D eigenvalue weighted by molar-refractivity contribution is 7.14. The number of piperidine rings is 1. The number of carbonyl (C=O) groups excluding carboxylic acids is 2. The van der Waals surface area contributed by atoms with Crippen molar-refractivity contribution in [3.63, 3.8) is 0 Å². The lowest BCUT2D eigenvalue weighted by atomic mass is 9.96. The predicted molar refractivity (Wildman–Crippen MR) is 95.9 cm³/mol. The summed E-state index contributed by atoms with van der Waals surface area (Å²) in [5, 5.41) is 8.36. The van der Waals surface area contributed by atoms with Crippen LogP contribution in [0.3, 0.4) is 0 Å². The highest BCUT2D eigenvalue weighted by atomic mass is 32.1. The van der Waals surface area contributed by atoms with Crippen molar-refractivity contribution < 1.29 is 14.0 Å². The van der Waals surface area contributed by atoms with Crippen LogP contribution in [0.15, 0.2) is 41.8 Å². The summed E-state index contributed by atoms with van der Waals surface area (Å²) in [4.78, 5) is 26.2. The molecule has 0 spiro atoms. The van der Waals surface area contributed by atoms with Gasteiger partial charge in [0, 0.05) is 31.1 Å². The van der Waals surface area contributed by atoms with Crippen LogP contribution in [0.5, 0.6) is 0 Å². The van der Waals surface area contributed by atoms with Gasteiger partial charge in [0.2, 0.25) is 5.91 Å². The van der Waals surface area contributed by atoms with Gasteiger partial charge in [0.05, 0.1) is 5.00 Å². The van der Waals surface area contributed by atoms with E-state index in [0.717, 1.165) is 5.00 Å². The van der Waals surface area contributed by atoms with E-state index in [2.05, 4.69) is 10.6 Å². The van der Waals surface area contributed by atoms with E-state index in [9.17, 15) is 14.0 Å². The molecule has 7 heteroatoms. The van der Waals surface area contributed by atoms with Gasteiger partial charge in [-0.25, -0.2) is 9.18 Å². The minimum Gasteiger partial charge on any atom is -0.352 e. The van der Waals surface area contributed by atoms with Crippen molar-refractivity contribution >= 4 is 28.3 Å². The fraction of sp³-hybridized carbons (Fsp3) is 0.333. The first-order valence-electron chi connectivity index (χ1n) is 8.24. The standard InChI is InChI=1S/C18H20FN3O2S/c19-15-5-2-1-4-14(15)12-20-17(23)13-7-9-22(10-8-13)18(24)21-16-6-3-11-25-16/h1-6,11,13H,7-10,12H2,(H,20,23)(H,21,24). The number of amides is 3. The Kier molecular flexibility index (Phi) is 5.65. The minimum atomic E-state index is -0.317. The lowest BCUT2D eigenvalue weighted by molar-refractivity contribution is -0.126. The molecule has 0 radical (unpaired) electrons. The van der Waals surface area contributed by atoms with Crippen molar-refractivity contribution in [3.05, 3.63) is 53.2 Å². The van der Waals surface area contributed by atoms with Crippen molar-refractivity contribution in [2.75, 3.05) is 18.4 Å². The Labute approximate surface area is 149 Å². The van der Waals surface area contributed by atoms with Gasteiger partial charge in [-0.3, -0.25) is 10.1 Å². The van der Waals surface area contributed by atoms with Crippen LogP contribution in [0.2, 0.25) is 0 Å². The van der Waals surface area contributed by atoms with Gasteiger partial charge in [-0.15, -0.1) is 11.3 Å². The molecule has 132 valence electrons. The first-order chi connectivity index (χ1) is 12.1. The van der Waals surface area contributed by atoms with E-state index >= 15 is 0 Å². The quantitative estimate of drug-likeness (QED) is 0.876. The summed E-state index contributed by atoms with van der Waals surface area (Å²) in [6.07, 6.45) is 1.22. The molecule has 1 fully saturated rings. The third-order valence-electron chi connectivity index (χ3n) is 4.32. The SMILES string of the molecule is O=C(NCc1ccccc1F)C1CCN(C(=O)Nc2cccs2)CC1. The molecule has 0 saturated carbocycles. The van der Waals surface area contributed by atoms with Crippen LogP contribution in [0.4, 0.5) is 14.2 Å².